The predicted octanol–water partition coefficient (Wildman–Crippen LogP) is 4.59. The lowest BCUT2D eigenvalue weighted by atomic mass is 9.87. The van der Waals surface area contributed by atoms with Crippen molar-refractivity contribution in [3.05, 3.63) is 29.8 Å². The number of benzene rings is 1. The molecule has 0 saturated heterocycles. The summed E-state index contributed by atoms with van der Waals surface area (Å²) >= 11 is 0. The van der Waals surface area contributed by atoms with E-state index in [1.165, 1.54) is 30.5 Å². The summed E-state index contributed by atoms with van der Waals surface area (Å²) < 4.78 is 0. The molecule has 0 aliphatic heterocycles. The van der Waals surface area contributed by atoms with Gasteiger partial charge in [0.2, 0.25) is 0 Å². The number of unbranched alkanes of at least 4 members (excludes halogenated alkanes) is 2. The van der Waals surface area contributed by atoms with Crippen LogP contribution < -0.4 is 5.32 Å². The van der Waals surface area contributed by atoms with Crippen LogP contribution in [0.5, 0.6) is 0 Å². The zero-order valence-corrected chi connectivity index (χ0v) is 11.1. The van der Waals surface area contributed by atoms with Gasteiger partial charge in [0.15, 0.2) is 0 Å². The molecule has 0 bridgehead atoms. The second kappa shape index (κ2) is 5.93. The molecule has 0 aromatic heterocycles. The Labute approximate surface area is 100 Å². The van der Waals surface area contributed by atoms with E-state index in [4.69, 9.17) is 0 Å². The number of anilines is 1. The quantitative estimate of drug-likeness (QED) is 0.714. The summed E-state index contributed by atoms with van der Waals surface area (Å²) in [6.07, 6.45) is 3.86. The Balaban J connectivity index is 2.46. The molecule has 0 fully saturated rings. The van der Waals surface area contributed by atoms with Gasteiger partial charge in [-0.3, -0.25) is 0 Å². The number of rotatable bonds is 5. The van der Waals surface area contributed by atoms with Gasteiger partial charge < -0.3 is 5.32 Å². The number of hydrogen-bond acceptors (Lipinski definition) is 1. The SMILES string of the molecule is CCCCCNc1ccc(C(C)(C)C)cc1. The van der Waals surface area contributed by atoms with Gasteiger partial charge in [-0.15, -0.1) is 0 Å². The van der Waals surface area contributed by atoms with E-state index in [0.717, 1.165) is 6.54 Å². The van der Waals surface area contributed by atoms with E-state index in [1.54, 1.807) is 0 Å². The zero-order chi connectivity index (χ0) is 12.0. The van der Waals surface area contributed by atoms with Crippen LogP contribution in [0.1, 0.15) is 52.5 Å². The van der Waals surface area contributed by atoms with E-state index in [1.807, 2.05) is 0 Å². The van der Waals surface area contributed by atoms with Gasteiger partial charge in [-0.1, -0.05) is 52.7 Å². The molecule has 1 aromatic rings. The molecule has 1 nitrogen and oxygen atoms in total. The highest BCUT2D eigenvalue weighted by molar-refractivity contribution is 5.45. The van der Waals surface area contributed by atoms with E-state index in [-0.39, 0.29) is 5.41 Å². The molecule has 16 heavy (non-hydrogen) atoms. The third-order valence-electron chi connectivity index (χ3n) is 2.86. The van der Waals surface area contributed by atoms with Crippen LogP contribution in [0.2, 0.25) is 0 Å². The van der Waals surface area contributed by atoms with Crippen LogP contribution in [0, 0.1) is 0 Å². The van der Waals surface area contributed by atoms with E-state index in [2.05, 4.69) is 57.3 Å². The first kappa shape index (κ1) is 13.1. The first-order valence-electron chi connectivity index (χ1n) is 6.38. The minimum atomic E-state index is 0.251. The molecule has 0 spiro atoms. The molecule has 90 valence electrons. The van der Waals surface area contributed by atoms with Gasteiger partial charge in [-0.2, -0.15) is 0 Å². The fourth-order valence-corrected chi connectivity index (χ4v) is 1.70. The zero-order valence-electron chi connectivity index (χ0n) is 11.1. The molecule has 1 heteroatoms. The van der Waals surface area contributed by atoms with Crippen LogP contribution in [0.25, 0.3) is 0 Å². The minimum absolute atomic E-state index is 0.251. The minimum Gasteiger partial charge on any atom is -0.385 e. The van der Waals surface area contributed by atoms with Crippen molar-refractivity contribution in [1.82, 2.24) is 0 Å². The summed E-state index contributed by atoms with van der Waals surface area (Å²) in [5.41, 5.74) is 2.89. The number of nitrogens with one attached hydrogen (secondary N) is 1. The van der Waals surface area contributed by atoms with Gasteiger partial charge in [-0.25, -0.2) is 0 Å². The van der Waals surface area contributed by atoms with E-state index < -0.39 is 0 Å². The largest absolute Gasteiger partial charge is 0.385 e. The van der Waals surface area contributed by atoms with Crippen LogP contribution in [0.15, 0.2) is 24.3 Å². The molecule has 1 N–H and O–H groups in total. The smallest absolute Gasteiger partial charge is 0.0340 e. The predicted molar refractivity (Wildman–Crippen MR) is 73.2 cm³/mol. The molecule has 0 unspecified atom stereocenters. The molecule has 0 amide bonds. The van der Waals surface area contributed by atoms with Crippen LogP contribution in [0.3, 0.4) is 0 Å². The van der Waals surface area contributed by atoms with Crippen LogP contribution in [-0.4, -0.2) is 6.54 Å². The lowest BCUT2D eigenvalue weighted by molar-refractivity contribution is 0.590. The van der Waals surface area contributed by atoms with Crippen molar-refractivity contribution in [2.24, 2.45) is 0 Å². The maximum Gasteiger partial charge on any atom is 0.0340 e. The lowest BCUT2D eigenvalue weighted by Crippen LogP contribution is -2.11. The van der Waals surface area contributed by atoms with Crippen molar-refractivity contribution < 1.29 is 0 Å². The Bertz CT molecular complexity index is 292. The van der Waals surface area contributed by atoms with Crippen LogP contribution in [0.4, 0.5) is 5.69 Å². The Morgan fingerprint density at radius 1 is 1.00 bits per heavy atom. The monoisotopic (exact) mass is 219 g/mol. The van der Waals surface area contributed by atoms with Gasteiger partial charge in [-0.05, 0) is 29.5 Å². The van der Waals surface area contributed by atoms with Crippen molar-refractivity contribution in [2.75, 3.05) is 11.9 Å². The molecule has 1 aromatic carbocycles. The van der Waals surface area contributed by atoms with Gasteiger partial charge in [0.1, 0.15) is 0 Å². The van der Waals surface area contributed by atoms with Gasteiger partial charge in [0, 0.05) is 12.2 Å². The molecular formula is C15H25N. The van der Waals surface area contributed by atoms with Gasteiger partial charge >= 0.3 is 0 Å². The summed E-state index contributed by atoms with van der Waals surface area (Å²) in [4.78, 5) is 0. The summed E-state index contributed by atoms with van der Waals surface area (Å²) in [5, 5.41) is 3.46. The fourth-order valence-electron chi connectivity index (χ4n) is 1.70. The van der Waals surface area contributed by atoms with E-state index in [0.29, 0.717) is 0 Å². The van der Waals surface area contributed by atoms with E-state index >= 15 is 0 Å². The fraction of sp³-hybridized carbons (Fsp3) is 0.600. The van der Waals surface area contributed by atoms with Crippen molar-refractivity contribution >= 4 is 5.69 Å². The van der Waals surface area contributed by atoms with Crippen LogP contribution in [-0.2, 0) is 5.41 Å². The van der Waals surface area contributed by atoms with Gasteiger partial charge in [0.05, 0.1) is 0 Å². The molecule has 0 aliphatic carbocycles. The molecule has 0 radical (unpaired) electrons. The maximum absolute atomic E-state index is 3.46. The normalized spacial score (nSPS) is 11.5. The Hall–Kier alpha value is -0.980. The Kier molecular flexibility index (Phi) is 4.85. The third kappa shape index (κ3) is 4.26. The van der Waals surface area contributed by atoms with Crippen molar-refractivity contribution in [2.45, 2.75) is 52.4 Å². The van der Waals surface area contributed by atoms with Crippen LogP contribution >= 0.6 is 0 Å². The van der Waals surface area contributed by atoms with Crippen molar-refractivity contribution in [3.63, 3.8) is 0 Å². The highest BCUT2D eigenvalue weighted by Crippen LogP contribution is 2.23. The lowest BCUT2D eigenvalue weighted by Gasteiger charge is -2.19. The second-order valence-corrected chi connectivity index (χ2v) is 5.46. The second-order valence-electron chi connectivity index (χ2n) is 5.46. The molecule has 0 heterocycles. The maximum atomic E-state index is 3.46. The average Bonchev–Trinajstić information content (AvgIpc) is 2.24. The Morgan fingerprint density at radius 2 is 1.62 bits per heavy atom. The third-order valence-corrected chi connectivity index (χ3v) is 2.86. The highest BCUT2D eigenvalue weighted by Gasteiger charge is 2.12. The summed E-state index contributed by atoms with van der Waals surface area (Å²) in [5.74, 6) is 0. The summed E-state index contributed by atoms with van der Waals surface area (Å²) in [6.45, 7) is 10.1. The molecule has 0 aliphatic rings. The first-order valence-corrected chi connectivity index (χ1v) is 6.38. The Morgan fingerprint density at radius 3 is 2.12 bits per heavy atom. The summed E-state index contributed by atoms with van der Waals surface area (Å²) in [6, 6.07) is 8.82. The molecule has 1 rings (SSSR count). The highest BCUT2D eigenvalue weighted by atomic mass is 14.9. The molecule has 0 saturated carbocycles. The molecule has 0 atom stereocenters. The van der Waals surface area contributed by atoms with Crippen molar-refractivity contribution in [1.29, 1.82) is 0 Å². The number of hydrogen-bond donors (Lipinski definition) is 1. The van der Waals surface area contributed by atoms with Gasteiger partial charge in [0.25, 0.3) is 0 Å². The summed E-state index contributed by atoms with van der Waals surface area (Å²) in [7, 11) is 0. The average molecular weight is 219 g/mol. The molecular weight excluding hydrogens is 194 g/mol. The van der Waals surface area contributed by atoms with Crippen molar-refractivity contribution in [3.8, 4) is 0 Å². The standard InChI is InChI=1S/C15H25N/c1-5-6-7-12-16-14-10-8-13(9-11-14)15(2,3)4/h8-11,16H,5-7,12H2,1-4H3. The first-order chi connectivity index (χ1) is 7.54. The van der Waals surface area contributed by atoms with E-state index in [9.17, 15) is 0 Å². The topological polar surface area (TPSA) is 12.0 Å².